The van der Waals surface area contributed by atoms with E-state index in [1.807, 2.05) is 6.07 Å². The van der Waals surface area contributed by atoms with Gasteiger partial charge in [0.05, 0.1) is 11.1 Å². The Kier molecular flexibility index (Phi) is 3.40. The first-order valence-electron chi connectivity index (χ1n) is 6.78. The largest absolute Gasteiger partial charge is 0.476 e. The van der Waals surface area contributed by atoms with Gasteiger partial charge in [-0.3, -0.25) is 9.40 Å². The molecular formula is C14H15N3O4S. The first-order valence-corrected chi connectivity index (χ1v) is 8.27. The molecule has 0 saturated carbocycles. The molecule has 116 valence electrons. The van der Waals surface area contributed by atoms with Gasteiger partial charge in [0.1, 0.15) is 5.69 Å². The van der Waals surface area contributed by atoms with Crippen molar-refractivity contribution < 1.29 is 18.3 Å². The Morgan fingerprint density at radius 3 is 2.77 bits per heavy atom. The molecule has 0 unspecified atom stereocenters. The van der Waals surface area contributed by atoms with Crippen molar-refractivity contribution in [1.29, 1.82) is 0 Å². The predicted octanol–water partition coefficient (Wildman–Crippen LogP) is 1.41. The van der Waals surface area contributed by atoms with Crippen LogP contribution in [0.1, 0.15) is 28.0 Å². The quantitative estimate of drug-likeness (QED) is 0.886. The Labute approximate surface area is 127 Å². The number of hydrogen-bond donors (Lipinski definition) is 2. The summed E-state index contributed by atoms with van der Waals surface area (Å²) in [7, 11) is -2.40. The molecule has 1 aliphatic carbocycles. The maximum atomic E-state index is 12.4. The van der Waals surface area contributed by atoms with Gasteiger partial charge in [0.2, 0.25) is 0 Å². The van der Waals surface area contributed by atoms with Crippen LogP contribution in [0.2, 0.25) is 0 Å². The molecule has 1 heterocycles. The van der Waals surface area contributed by atoms with E-state index in [4.69, 9.17) is 5.11 Å². The lowest BCUT2D eigenvalue weighted by atomic mass is 10.1. The lowest BCUT2D eigenvalue weighted by Gasteiger charge is -2.09. The number of nitrogens with one attached hydrogen (secondary N) is 1. The van der Waals surface area contributed by atoms with E-state index in [1.54, 1.807) is 12.1 Å². The van der Waals surface area contributed by atoms with E-state index in [0.29, 0.717) is 0 Å². The van der Waals surface area contributed by atoms with Crippen LogP contribution in [0.5, 0.6) is 0 Å². The second-order valence-corrected chi connectivity index (χ2v) is 6.91. The highest BCUT2D eigenvalue weighted by atomic mass is 32.2. The molecule has 0 radical (unpaired) electrons. The van der Waals surface area contributed by atoms with Crippen LogP contribution in [0.25, 0.3) is 0 Å². The van der Waals surface area contributed by atoms with Crippen molar-refractivity contribution in [3.63, 3.8) is 0 Å². The zero-order chi connectivity index (χ0) is 15.9. The van der Waals surface area contributed by atoms with E-state index in [1.165, 1.54) is 18.8 Å². The van der Waals surface area contributed by atoms with Gasteiger partial charge in [-0.05, 0) is 42.5 Å². The Bertz CT molecular complexity index is 855. The second kappa shape index (κ2) is 5.13. The predicted molar refractivity (Wildman–Crippen MR) is 79.4 cm³/mol. The van der Waals surface area contributed by atoms with Crippen molar-refractivity contribution in [3.8, 4) is 0 Å². The summed E-state index contributed by atoms with van der Waals surface area (Å²) in [4.78, 5) is 11.3. The first kappa shape index (κ1) is 14.6. The molecule has 8 heteroatoms. The van der Waals surface area contributed by atoms with Crippen LogP contribution in [-0.4, -0.2) is 29.3 Å². The minimum atomic E-state index is -3.84. The van der Waals surface area contributed by atoms with Crippen LogP contribution >= 0.6 is 0 Å². The number of carboxylic acids is 1. The van der Waals surface area contributed by atoms with Crippen molar-refractivity contribution in [2.45, 2.75) is 24.2 Å². The summed E-state index contributed by atoms with van der Waals surface area (Å²) in [5.74, 6) is -1.24. The maximum Gasteiger partial charge on any atom is 0.356 e. The molecule has 0 saturated heterocycles. The van der Waals surface area contributed by atoms with Gasteiger partial charge in [-0.15, -0.1) is 0 Å². The number of aromatic nitrogens is 2. The minimum absolute atomic E-state index is 0.0458. The van der Waals surface area contributed by atoms with Gasteiger partial charge in [0.15, 0.2) is 5.69 Å². The summed E-state index contributed by atoms with van der Waals surface area (Å²) in [5.41, 5.74) is 1.96. The summed E-state index contributed by atoms with van der Waals surface area (Å²) in [6.45, 7) is 0. The molecule has 0 spiro atoms. The van der Waals surface area contributed by atoms with Gasteiger partial charge in [0.25, 0.3) is 10.0 Å². The summed E-state index contributed by atoms with van der Waals surface area (Å²) >= 11 is 0. The van der Waals surface area contributed by atoms with Gasteiger partial charge in [-0.2, -0.15) is 5.10 Å². The van der Waals surface area contributed by atoms with E-state index in [9.17, 15) is 13.2 Å². The number of aromatic carboxylic acids is 1. The SMILES string of the molecule is Cn1ncc(NS(=O)(=O)c2ccc3c(c2)CCC3)c1C(=O)O. The van der Waals surface area contributed by atoms with Crippen molar-refractivity contribution in [3.05, 3.63) is 41.2 Å². The number of anilines is 1. The molecule has 1 aromatic heterocycles. The Hall–Kier alpha value is -2.35. The molecule has 2 N–H and O–H groups in total. The molecule has 2 aromatic rings. The molecule has 0 bridgehead atoms. The van der Waals surface area contributed by atoms with Gasteiger partial charge in [-0.25, -0.2) is 13.2 Å². The summed E-state index contributed by atoms with van der Waals surface area (Å²) < 4.78 is 28.3. The van der Waals surface area contributed by atoms with Crippen molar-refractivity contribution >= 4 is 21.7 Å². The third kappa shape index (κ3) is 2.45. The van der Waals surface area contributed by atoms with Crippen LogP contribution in [-0.2, 0) is 29.9 Å². The highest BCUT2D eigenvalue weighted by Gasteiger charge is 2.23. The number of hydrogen-bond acceptors (Lipinski definition) is 4. The molecular weight excluding hydrogens is 306 g/mol. The molecule has 0 atom stereocenters. The zero-order valence-corrected chi connectivity index (χ0v) is 12.7. The van der Waals surface area contributed by atoms with E-state index in [-0.39, 0.29) is 16.3 Å². The van der Waals surface area contributed by atoms with Crippen LogP contribution in [0, 0.1) is 0 Å². The molecule has 0 amide bonds. The van der Waals surface area contributed by atoms with E-state index in [2.05, 4.69) is 9.82 Å². The molecule has 3 rings (SSSR count). The van der Waals surface area contributed by atoms with Crippen LogP contribution < -0.4 is 4.72 Å². The first-order chi connectivity index (χ1) is 10.4. The van der Waals surface area contributed by atoms with Crippen molar-refractivity contribution in [1.82, 2.24) is 9.78 Å². The molecule has 0 aliphatic heterocycles. The summed E-state index contributed by atoms with van der Waals surface area (Å²) in [5, 5.41) is 12.9. The van der Waals surface area contributed by atoms with Gasteiger partial charge >= 0.3 is 5.97 Å². The van der Waals surface area contributed by atoms with Crippen molar-refractivity contribution in [2.24, 2.45) is 7.05 Å². The lowest BCUT2D eigenvalue weighted by Crippen LogP contribution is -2.16. The average Bonchev–Trinajstić information content (AvgIpc) is 3.04. The van der Waals surface area contributed by atoms with Gasteiger partial charge in [0, 0.05) is 7.05 Å². The smallest absolute Gasteiger partial charge is 0.356 e. The van der Waals surface area contributed by atoms with Crippen LogP contribution in [0.4, 0.5) is 5.69 Å². The Morgan fingerprint density at radius 2 is 2.05 bits per heavy atom. The standard InChI is InChI=1S/C14H15N3O4S/c1-17-13(14(18)19)12(8-15-17)16-22(20,21)11-6-5-9-3-2-4-10(9)7-11/h5-8,16H,2-4H2,1H3,(H,18,19). The van der Waals surface area contributed by atoms with Gasteiger partial charge < -0.3 is 5.11 Å². The highest BCUT2D eigenvalue weighted by Crippen LogP contribution is 2.26. The summed E-state index contributed by atoms with van der Waals surface area (Å²) in [6.07, 6.45) is 4.05. The molecule has 1 aromatic carbocycles. The fourth-order valence-corrected chi connectivity index (χ4v) is 3.79. The number of aryl methyl sites for hydroxylation is 3. The number of carboxylic acid groups (broad SMARTS) is 1. The fraction of sp³-hybridized carbons (Fsp3) is 0.286. The van der Waals surface area contributed by atoms with Gasteiger partial charge in [-0.1, -0.05) is 6.07 Å². The summed E-state index contributed by atoms with van der Waals surface area (Å²) in [6, 6.07) is 5.02. The lowest BCUT2D eigenvalue weighted by molar-refractivity contribution is 0.0686. The number of benzene rings is 1. The Balaban J connectivity index is 1.96. The minimum Gasteiger partial charge on any atom is -0.476 e. The monoisotopic (exact) mass is 321 g/mol. The number of rotatable bonds is 4. The molecule has 7 nitrogen and oxygen atoms in total. The maximum absolute atomic E-state index is 12.4. The zero-order valence-electron chi connectivity index (χ0n) is 11.9. The molecule has 22 heavy (non-hydrogen) atoms. The number of nitrogens with zero attached hydrogens (tertiary/aromatic N) is 2. The topological polar surface area (TPSA) is 101 Å². The van der Waals surface area contributed by atoms with Crippen LogP contribution in [0.15, 0.2) is 29.3 Å². The average molecular weight is 321 g/mol. The number of carbonyl (C=O) groups is 1. The van der Waals surface area contributed by atoms with E-state index >= 15 is 0 Å². The van der Waals surface area contributed by atoms with Crippen LogP contribution in [0.3, 0.4) is 0 Å². The number of sulfonamides is 1. The normalized spacial score (nSPS) is 13.9. The Morgan fingerprint density at radius 1 is 1.32 bits per heavy atom. The molecule has 1 aliphatic rings. The highest BCUT2D eigenvalue weighted by molar-refractivity contribution is 7.92. The third-order valence-electron chi connectivity index (χ3n) is 3.77. The third-order valence-corrected chi connectivity index (χ3v) is 5.13. The second-order valence-electron chi connectivity index (χ2n) is 5.23. The van der Waals surface area contributed by atoms with E-state index in [0.717, 1.165) is 29.5 Å². The number of fused-ring (bicyclic) bond motifs is 1. The van der Waals surface area contributed by atoms with Crippen molar-refractivity contribution in [2.75, 3.05) is 4.72 Å². The fourth-order valence-electron chi connectivity index (χ4n) is 2.68. The van der Waals surface area contributed by atoms with E-state index < -0.39 is 16.0 Å². The molecule has 0 fully saturated rings.